The Morgan fingerprint density at radius 2 is 1.90 bits per heavy atom. The van der Waals surface area contributed by atoms with Crippen molar-refractivity contribution in [3.8, 4) is 0 Å². The van der Waals surface area contributed by atoms with Gasteiger partial charge in [-0.1, -0.05) is 29.8 Å². The van der Waals surface area contributed by atoms with Crippen LogP contribution in [0.3, 0.4) is 0 Å². The van der Waals surface area contributed by atoms with Gasteiger partial charge in [0.15, 0.2) is 5.96 Å². The molecule has 1 rings (SSSR count). The standard InChI is InChI=1S/C15H25N3O.HI/c1-4-16-15(18-11-12-19-3)17-10-9-14-7-5-13(2)6-8-14;/h5-8H,4,9-12H2,1-3H3,(H2,16,17,18);1H. The number of hydrogen-bond acceptors (Lipinski definition) is 2. The van der Waals surface area contributed by atoms with Gasteiger partial charge in [0.2, 0.25) is 0 Å². The molecule has 0 amide bonds. The Balaban J connectivity index is 0.00000361. The minimum Gasteiger partial charge on any atom is -0.383 e. The molecule has 0 atom stereocenters. The number of aryl methyl sites for hydroxylation is 1. The fourth-order valence-corrected chi connectivity index (χ4v) is 1.67. The highest BCUT2D eigenvalue weighted by Gasteiger charge is 1.97. The second-order valence-electron chi connectivity index (χ2n) is 4.42. The molecule has 0 heterocycles. The van der Waals surface area contributed by atoms with E-state index in [1.54, 1.807) is 7.11 Å². The largest absolute Gasteiger partial charge is 0.383 e. The van der Waals surface area contributed by atoms with Crippen molar-refractivity contribution in [1.82, 2.24) is 10.6 Å². The summed E-state index contributed by atoms with van der Waals surface area (Å²) in [4.78, 5) is 4.42. The van der Waals surface area contributed by atoms with E-state index in [0.717, 1.165) is 25.5 Å². The molecule has 4 nitrogen and oxygen atoms in total. The molecule has 20 heavy (non-hydrogen) atoms. The van der Waals surface area contributed by atoms with Gasteiger partial charge in [0.25, 0.3) is 0 Å². The predicted molar refractivity (Wildman–Crippen MR) is 96.2 cm³/mol. The third-order valence-corrected chi connectivity index (χ3v) is 2.74. The maximum absolute atomic E-state index is 4.99. The molecule has 5 heteroatoms. The Hall–Kier alpha value is -0.820. The van der Waals surface area contributed by atoms with Crippen LogP contribution in [-0.4, -0.2) is 39.3 Å². The van der Waals surface area contributed by atoms with E-state index in [4.69, 9.17) is 4.74 Å². The first-order chi connectivity index (χ1) is 9.26. The topological polar surface area (TPSA) is 45.7 Å². The smallest absolute Gasteiger partial charge is 0.191 e. The lowest BCUT2D eigenvalue weighted by Gasteiger charge is -2.11. The molecule has 2 N–H and O–H groups in total. The molecule has 0 aliphatic rings. The van der Waals surface area contributed by atoms with Gasteiger partial charge < -0.3 is 15.4 Å². The van der Waals surface area contributed by atoms with Gasteiger partial charge in [-0.3, -0.25) is 4.99 Å². The van der Waals surface area contributed by atoms with Crippen LogP contribution in [0.25, 0.3) is 0 Å². The normalized spacial score (nSPS) is 10.8. The Morgan fingerprint density at radius 1 is 1.20 bits per heavy atom. The van der Waals surface area contributed by atoms with Gasteiger partial charge in [-0.15, -0.1) is 24.0 Å². The van der Waals surface area contributed by atoms with Gasteiger partial charge in [0, 0.05) is 20.2 Å². The highest BCUT2D eigenvalue weighted by Crippen LogP contribution is 2.02. The average Bonchev–Trinajstić information content (AvgIpc) is 2.41. The molecule has 0 saturated carbocycles. The fraction of sp³-hybridized carbons (Fsp3) is 0.533. The van der Waals surface area contributed by atoms with Crippen LogP contribution in [0, 0.1) is 6.92 Å². The number of nitrogens with one attached hydrogen (secondary N) is 2. The fourth-order valence-electron chi connectivity index (χ4n) is 1.67. The highest BCUT2D eigenvalue weighted by molar-refractivity contribution is 14.0. The number of benzene rings is 1. The number of aliphatic imine (C=N–C) groups is 1. The average molecular weight is 391 g/mol. The van der Waals surface area contributed by atoms with Crippen LogP contribution in [0.5, 0.6) is 0 Å². The molecule has 1 aromatic rings. The van der Waals surface area contributed by atoms with E-state index in [2.05, 4.69) is 53.7 Å². The summed E-state index contributed by atoms with van der Waals surface area (Å²) in [5.41, 5.74) is 2.64. The summed E-state index contributed by atoms with van der Waals surface area (Å²) in [5, 5.41) is 6.55. The Morgan fingerprint density at radius 3 is 2.50 bits per heavy atom. The van der Waals surface area contributed by atoms with Crippen molar-refractivity contribution in [2.24, 2.45) is 4.99 Å². The maximum atomic E-state index is 4.99. The van der Waals surface area contributed by atoms with Crippen LogP contribution in [0.2, 0.25) is 0 Å². The van der Waals surface area contributed by atoms with E-state index >= 15 is 0 Å². The third-order valence-electron chi connectivity index (χ3n) is 2.74. The van der Waals surface area contributed by atoms with Gasteiger partial charge in [-0.05, 0) is 25.8 Å². The summed E-state index contributed by atoms with van der Waals surface area (Å²) in [5.74, 6) is 0.853. The van der Waals surface area contributed by atoms with Crippen molar-refractivity contribution in [3.05, 3.63) is 35.4 Å². The van der Waals surface area contributed by atoms with Crippen molar-refractivity contribution < 1.29 is 4.74 Å². The van der Waals surface area contributed by atoms with Gasteiger partial charge in [-0.25, -0.2) is 0 Å². The molecular formula is C15H26IN3O. The van der Waals surface area contributed by atoms with Gasteiger partial charge >= 0.3 is 0 Å². The molecule has 0 aliphatic heterocycles. The van der Waals surface area contributed by atoms with Gasteiger partial charge in [0.05, 0.1) is 13.2 Å². The number of nitrogens with zero attached hydrogens (tertiary/aromatic N) is 1. The van der Waals surface area contributed by atoms with E-state index in [9.17, 15) is 0 Å². The van der Waals surface area contributed by atoms with Crippen LogP contribution in [-0.2, 0) is 11.2 Å². The van der Waals surface area contributed by atoms with Crippen LogP contribution in [0.4, 0.5) is 0 Å². The van der Waals surface area contributed by atoms with Gasteiger partial charge in [-0.2, -0.15) is 0 Å². The Labute approximate surface area is 139 Å². The summed E-state index contributed by atoms with van der Waals surface area (Å²) in [6.45, 7) is 7.23. The van der Waals surface area contributed by atoms with E-state index in [1.165, 1.54) is 11.1 Å². The zero-order chi connectivity index (χ0) is 13.9. The summed E-state index contributed by atoms with van der Waals surface area (Å²) >= 11 is 0. The monoisotopic (exact) mass is 391 g/mol. The number of guanidine groups is 1. The van der Waals surface area contributed by atoms with Crippen molar-refractivity contribution in [3.63, 3.8) is 0 Å². The molecule has 0 aromatic heterocycles. The van der Waals surface area contributed by atoms with Crippen LogP contribution >= 0.6 is 24.0 Å². The summed E-state index contributed by atoms with van der Waals surface area (Å²) in [7, 11) is 1.69. The zero-order valence-electron chi connectivity index (χ0n) is 12.6. The van der Waals surface area contributed by atoms with E-state index < -0.39 is 0 Å². The van der Waals surface area contributed by atoms with Crippen LogP contribution in [0.15, 0.2) is 29.3 Å². The summed E-state index contributed by atoms with van der Waals surface area (Å²) in [6.07, 6.45) is 0.995. The van der Waals surface area contributed by atoms with Crippen molar-refractivity contribution >= 4 is 29.9 Å². The minimum absolute atomic E-state index is 0. The SMILES string of the molecule is CCNC(=NCCOC)NCCc1ccc(C)cc1.I. The lowest BCUT2D eigenvalue weighted by molar-refractivity contribution is 0.208. The number of rotatable bonds is 7. The van der Waals surface area contributed by atoms with Crippen LogP contribution in [0.1, 0.15) is 18.1 Å². The molecule has 0 fully saturated rings. The number of halogens is 1. The van der Waals surface area contributed by atoms with Crippen molar-refractivity contribution in [2.45, 2.75) is 20.3 Å². The number of methoxy groups -OCH3 is 1. The van der Waals surface area contributed by atoms with E-state index in [1.807, 2.05) is 0 Å². The first kappa shape index (κ1) is 19.2. The number of ether oxygens (including phenoxy) is 1. The first-order valence-corrected chi connectivity index (χ1v) is 6.83. The molecule has 0 bridgehead atoms. The second-order valence-corrected chi connectivity index (χ2v) is 4.42. The summed E-state index contributed by atoms with van der Waals surface area (Å²) < 4.78 is 4.99. The molecule has 0 unspecified atom stereocenters. The Bertz CT molecular complexity index is 379. The van der Waals surface area contributed by atoms with Gasteiger partial charge in [0.1, 0.15) is 0 Å². The van der Waals surface area contributed by atoms with Crippen molar-refractivity contribution in [1.29, 1.82) is 0 Å². The highest BCUT2D eigenvalue weighted by atomic mass is 127. The minimum atomic E-state index is 0. The number of hydrogen-bond donors (Lipinski definition) is 2. The molecule has 0 radical (unpaired) electrons. The first-order valence-electron chi connectivity index (χ1n) is 6.83. The Kier molecular flexibility index (Phi) is 11.5. The molecule has 1 aromatic carbocycles. The molecule has 114 valence electrons. The quantitative estimate of drug-likeness (QED) is 0.325. The molecule has 0 spiro atoms. The van der Waals surface area contributed by atoms with E-state index in [0.29, 0.717) is 13.2 Å². The lowest BCUT2D eigenvalue weighted by atomic mass is 10.1. The summed E-state index contributed by atoms with van der Waals surface area (Å²) in [6, 6.07) is 8.64. The van der Waals surface area contributed by atoms with Crippen LogP contribution < -0.4 is 10.6 Å². The molecule has 0 saturated heterocycles. The maximum Gasteiger partial charge on any atom is 0.191 e. The third kappa shape index (κ3) is 8.37. The zero-order valence-corrected chi connectivity index (χ0v) is 14.9. The lowest BCUT2D eigenvalue weighted by Crippen LogP contribution is -2.38. The predicted octanol–water partition coefficient (Wildman–Crippen LogP) is 2.36. The van der Waals surface area contributed by atoms with E-state index in [-0.39, 0.29) is 24.0 Å². The molecular weight excluding hydrogens is 365 g/mol. The van der Waals surface area contributed by atoms with Crippen molar-refractivity contribution in [2.75, 3.05) is 33.4 Å². The molecule has 0 aliphatic carbocycles. The second kappa shape index (κ2) is 12.0.